The molecule has 0 aliphatic heterocycles. The molecule has 0 unspecified atom stereocenters. The molecule has 0 saturated heterocycles. The molecule has 23 heavy (non-hydrogen) atoms. The van der Waals surface area contributed by atoms with Crippen LogP contribution in [-0.2, 0) is 16.4 Å². The quantitative estimate of drug-likeness (QED) is 0.760. The van der Waals surface area contributed by atoms with Gasteiger partial charge >= 0.3 is 0 Å². The first-order chi connectivity index (χ1) is 10.6. The highest BCUT2D eigenvalue weighted by molar-refractivity contribution is 7.89. The van der Waals surface area contributed by atoms with Gasteiger partial charge in [-0.1, -0.05) is 46.8 Å². The topological polar surface area (TPSA) is 61.2 Å². The van der Waals surface area contributed by atoms with Gasteiger partial charge in [0.1, 0.15) is 0 Å². The van der Waals surface area contributed by atoms with Crippen molar-refractivity contribution < 1.29 is 8.42 Å². The summed E-state index contributed by atoms with van der Waals surface area (Å²) in [5.41, 5.74) is 0.971. The van der Waals surface area contributed by atoms with E-state index in [0.29, 0.717) is 17.4 Å². The summed E-state index contributed by atoms with van der Waals surface area (Å²) in [6.07, 6.45) is 1.13. The maximum Gasteiger partial charge on any atom is 0.243 e. The molecule has 0 spiro atoms. The molecule has 0 fully saturated rings. The Bertz CT molecular complexity index is 635. The summed E-state index contributed by atoms with van der Waals surface area (Å²) in [6, 6.07) is 9.15. The summed E-state index contributed by atoms with van der Waals surface area (Å²) < 4.78 is 27.2. The maximum absolute atomic E-state index is 12.9. The third kappa shape index (κ3) is 6.32. The van der Waals surface area contributed by atoms with E-state index in [1.54, 1.807) is 12.1 Å². The molecule has 128 valence electrons. The number of hydrogen-bond acceptors (Lipinski definition) is 3. The van der Waals surface area contributed by atoms with E-state index in [1.165, 1.54) is 4.31 Å². The first-order valence-electron chi connectivity index (χ1n) is 8.02. The Morgan fingerprint density at radius 2 is 1.74 bits per heavy atom. The minimum absolute atomic E-state index is 0.167. The van der Waals surface area contributed by atoms with Gasteiger partial charge < -0.3 is 0 Å². The van der Waals surface area contributed by atoms with Crippen LogP contribution in [0.15, 0.2) is 29.2 Å². The molecule has 0 aliphatic carbocycles. The van der Waals surface area contributed by atoms with Crippen LogP contribution < -0.4 is 0 Å². The molecule has 1 rings (SSSR count). The Morgan fingerprint density at radius 3 is 2.17 bits per heavy atom. The summed E-state index contributed by atoms with van der Waals surface area (Å²) in [4.78, 5) is 0.298. The minimum Gasteiger partial charge on any atom is -0.207 e. The predicted molar refractivity (Wildman–Crippen MR) is 93.4 cm³/mol. The van der Waals surface area contributed by atoms with Gasteiger partial charge in [-0.3, -0.25) is 0 Å². The molecule has 0 aliphatic rings. The predicted octanol–water partition coefficient (Wildman–Crippen LogP) is 3.84. The first kappa shape index (κ1) is 19.7. The largest absolute Gasteiger partial charge is 0.243 e. The molecule has 0 amide bonds. The zero-order valence-corrected chi connectivity index (χ0v) is 15.7. The Labute approximate surface area is 141 Å². The second-order valence-corrected chi connectivity index (χ2v) is 9.49. The fourth-order valence-corrected chi connectivity index (χ4v) is 4.07. The molecule has 0 atom stereocenters. The van der Waals surface area contributed by atoms with Crippen LogP contribution in [0.1, 0.15) is 46.6 Å². The molecule has 0 bridgehead atoms. The molecule has 5 heteroatoms. The van der Waals surface area contributed by atoms with E-state index < -0.39 is 10.0 Å². The van der Waals surface area contributed by atoms with E-state index in [2.05, 4.69) is 13.8 Å². The zero-order chi connectivity index (χ0) is 17.7. The van der Waals surface area contributed by atoms with Crippen molar-refractivity contribution in [2.24, 2.45) is 11.3 Å². The number of sulfonamides is 1. The molecule has 0 N–H and O–H groups in total. The zero-order valence-electron chi connectivity index (χ0n) is 14.8. The van der Waals surface area contributed by atoms with Crippen molar-refractivity contribution in [2.45, 2.75) is 52.4 Å². The van der Waals surface area contributed by atoms with Gasteiger partial charge in [-0.05, 0) is 35.4 Å². The third-order valence-corrected chi connectivity index (χ3v) is 5.19. The summed E-state index contributed by atoms with van der Waals surface area (Å²) in [7, 11) is -3.57. The van der Waals surface area contributed by atoms with Gasteiger partial charge in [-0.2, -0.15) is 9.57 Å². The lowest BCUT2D eigenvalue weighted by atomic mass is 9.97. The van der Waals surface area contributed by atoms with Crippen LogP contribution >= 0.6 is 0 Å². The summed E-state index contributed by atoms with van der Waals surface area (Å²) in [5, 5.41) is 8.80. The lowest BCUT2D eigenvalue weighted by Crippen LogP contribution is -2.38. The third-order valence-electron chi connectivity index (χ3n) is 3.33. The van der Waals surface area contributed by atoms with E-state index in [4.69, 9.17) is 5.26 Å². The van der Waals surface area contributed by atoms with E-state index in [1.807, 2.05) is 39.0 Å². The van der Waals surface area contributed by atoms with Crippen molar-refractivity contribution in [1.29, 1.82) is 5.26 Å². The average molecular weight is 337 g/mol. The first-order valence-corrected chi connectivity index (χ1v) is 9.46. The van der Waals surface area contributed by atoms with Gasteiger partial charge in [0.25, 0.3) is 0 Å². The van der Waals surface area contributed by atoms with E-state index in [0.717, 1.165) is 12.0 Å². The number of nitrogens with zero attached hydrogens (tertiary/aromatic N) is 2. The van der Waals surface area contributed by atoms with Gasteiger partial charge in [0.15, 0.2) is 0 Å². The van der Waals surface area contributed by atoms with Crippen LogP contribution in [-0.4, -0.2) is 25.8 Å². The van der Waals surface area contributed by atoms with Gasteiger partial charge in [0.05, 0.1) is 11.0 Å². The number of hydrogen-bond donors (Lipinski definition) is 0. The molecule has 1 aromatic carbocycles. The highest BCUT2D eigenvalue weighted by Gasteiger charge is 2.28. The van der Waals surface area contributed by atoms with Crippen LogP contribution in [0.5, 0.6) is 0 Å². The van der Waals surface area contributed by atoms with Crippen molar-refractivity contribution >= 4 is 10.0 Å². The molecular weight excluding hydrogens is 308 g/mol. The second kappa shape index (κ2) is 7.94. The van der Waals surface area contributed by atoms with E-state index in [-0.39, 0.29) is 18.4 Å². The highest BCUT2D eigenvalue weighted by atomic mass is 32.2. The Hall–Kier alpha value is -1.38. The molecule has 0 saturated carbocycles. The molecular formula is C18H28N2O2S. The van der Waals surface area contributed by atoms with Gasteiger partial charge in [0, 0.05) is 19.5 Å². The minimum atomic E-state index is -3.57. The standard InChI is InChI=1S/C18H28N2O2S/c1-15(2)13-16-7-9-17(10-8-16)23(21,22)20(12-6-11-19)14-18(3,4)5/h7-10,15H,6,12-14H2,1-5H3. The second-order valence-electron chi connectivity index (χ2n) is 7.55. The summed E-state index contributed by atoms with van der Waals surface area (Å²) >= 11 is 0. The fraction of sp³-hybridized carbons (Fsp3) is 0.611. The van der Waals surface area contributed by atoms with Gasteiger partial charge in [-0.25, -0.2) is 8.42 Å². The maximum atomic E-state index is 12.9. The summed E-state index contributed by atoms with van der Waals surface area (Å²) in [5.74, 6) is 0.533. The van der Waals surface area contributed by atoms with Crippen LogP contribution in [0.3, 0.4) is 0 Å². The van der Waals surface area contributed by atoms with Crippen LogP contribution in [0.2, 0.25) is 0 Å². The lowest BCUT2D eigenvalue weighted by Gasteiger charge is -2.28. The van der Waals surface area contributed by atoms with Crippen LogP contribution in [0, 0.1) is 22.7 Å². The Kier molecular flexibility index (Phi) is 6.79. The monoisotopic (exact) mass is 336 g/mol. The van der Waals surface area contributed by atoms with Crippen molar-refractivity contribution in [3.63, 3.8) is 0 Å². The Balaban J connectivity index is 3.06. The highest BCUT2D eigenvalue weighted by Crippen LogP contribution is 2.23. The van der Waals surface area contributed by atoms with Gasteiger partial charge in [0.2, 0.25) is 10.0 Å². The molecule has 0 radical (unpaired) electrons. The SMILES string of the molecule is CC(C)Cc1ccc(S(=O)(=O)N(CCC#N)CC(C)(C)C)cc1. The number of benzene rings is 1. The van der Waals surface area contributed by atoms with E-state index >= 15 is 0 Å². The van der Waals surface area contributed by atoms with Crippen molar-refractivity contribution in [2.75, 3.05) is 13.1 Å². The smallest absolute Gasteiger partial charge is 0.207 e. The normalized spacial score (nSPS) is 12.6. The van der Waals surface area contributed by atoms with Crippen molar-refractivity contribution in [3.05, 3.63) is 29.8 Å². The molecule has 0 heterocycles. The van der Waals surface area contributed by atoms with Gasteiger partial charge in [-0.15, -0.1) is 0 Å². The van der Waals surface area contributed by atoms with Crippen LogP contribution in [0.25, 0.3) is 0 Å². The lowest BCUT2D eigenvalue weighted by molar-refractivity contribution is 0.285. The average Bonchev–Trinajstić information content (AvgIpc) is 2.42. The van der Waals surface area contributed by atoms with Crippen molar-refractivity contribution in [3.8, 4) is 6.07 Å². The molecule has 4 nitrogen and oxygen atoms in total. The van der Waals surface area contributed by atoms with Crippen LogP contribution in [0.4, 0.5) is 0 Å². The Morgan fingerprint density at radius 1 is 1.17 bits per heavy atom. The van der Waals surface area contributed by atoms with E-state index in [9.17, 15) is 8.42 Å². The molecule has 0 aromatic heterocycles. The summed E-state index contributed by atoms with van der Waals surface area (Å²) in [6.45, 7) is 10.9. The number of rotatable bonds is 7. The fourth-order valence-electron chi connectivity index (χ4n) is 2.41. The van der Waals surface area contributed by atoms with Crippen molar-refractivity contribution in [1.82, 2.24) is 4.31 Å². The number of nitriles is 1. The molecule has 1 aromatic rings.